The summed E-state index contributed by atoms with van der Waals surface area (Å²) in [5.41, 5.74) is -0.280. The maximum atomic E-state index is 12.8. The topological polar surface area (TPSA) is 82.7 Å². The van der Waals surface area contributed by atoms with E-state index in [0.717, 1.165) is 45.3 Å². The van der Waals surface area contributed by atoms with Crippen LogP contribution >= 0.6 is 0 Å². The van der Waals surface area contributed by atoms with Gasteiger partial charge >= 0.3 is 0 Å². The zero-order valence-electron chi connectivity index (χ0n) is 14.7. The van der Waals surface area contributed by atoms with Crippen molar-refractivity contribution in [1.29, 1.82) is 0 Å². The van der Waals surface area contributed by atoms with Crippen molar-refractivity contribution < 1.29 is 14.4 Å². The Hall–Kier alpha value is -1.47. The fourth-order valence-electron chi connectivity index (χ4n) is 3.94. The van der Waals surface area contributed by atoms with Crippen molar-refractivity contribution in [2.24, 2.45) is 11.3 Å². The van der Waals surface area contributed by atoms with E-state index in [4.69, 9.17) is 9.63 Å². The van der Waals surface area contributed by atoms with Crippen molar-refractivity contribution in [2.45, 2.75) is 46.1 Å². The number of carbonyl (C=O) groups is 1. The van der Waals surface area contributed by atoms with Gasteiger partial charge in [-0.2, -0.15) is 4.98 Å². The maximum absolute atomic E-state index is 12.8. The quantitative estimate of drug-likeness (QED) is 0.837. The summed E-state index contributed by atoms with van der Waals surface area (Å²) in [5.74, 6) is 2.10. The van der Waals surface area contributed by atoms with Crippen LogP contribution in [0, 0.1) is 11.3 Å². The van der Waals surface area contributed by atoms with Crippen LogP contribution in [-0.2, 0) is 17.8 Å². The number of carbonyl (C=O) groups excluding carboxylic acids is 1. The van der Waals surface area contributed by atoms with Gasteiger partial charge in [-0.25, -0.2) is 0 Å². The third kappa shape index (κ3) is 3.62. The van der Waals surface area contributed by atoms with Gasteiger partial charge < -0.3 is 14.5 Å². The summed E-state index contributed by atoms with van der Waals surface area (Å²) in [6, 6.07) is 0. The van der Waals surface area contributed by atoms with Crippen LogP contribution in [0.3, 0.4) is 0 Å². The molecule has 0 saturated carbocycles. The van der Waals surface area contributed by atoms with Crippen LogP contribution < -0.4 is 0 Å². The number of aliphatic hydroxyl groups excluding tert-OH is 1. The van der Waals surface area contributed by atoms with Gasteiger partial charge in [0.05, 0.1) is 18.6 Å². The highest BCUT2D eigenvalue weighted by Gasteiger charge is 2.48. The van der Waals surface area contributed by atoms with E-state index in [9.17, 15) is 4.79 Å². The first kappa shape index (κ1) is 17.4. The lowest BCUT2D eigenvalue weighted by molar-refractivity contribution is -0.146. The number of rotatable bonds is 6. The smallest absolute Gasteiger partial charge is 0.230 e. The Morgan fingerprint density at radius 2 is 2.17 bits per heavy atom. The van der Waals surface area contributed by atoms with Crippen molar-refractivity contribution in [3.8, 4) is 0 Å². The average molecular weight is 336 g/mol. The first-order valence-corrected chi connectivity index (χ1v) is 8.96. The van der Waals surface area contributed by atoms with Crippen LogP contribution in [0.5, 0.6) is 0 Å². The molecule has 2 fully saturated rings. The maximum Gasteiger partial charge on any atom is 0.230 e. The normalized spacial score (nSPS) is 25.3. The van der Waals surface area contributed by atoms with Gasteiger partial charge in [-0.05, 0) is 31.7 Å². The molecule has 3 rings (SSSR count). The minimum Gasteiger partial charge on any atom is -0.395 e. The van der Waals surface area contributed by atoms with Gasteiger partial charge in [-0.3, -0.25) is 9.69 Å². The molecule has 0 bridgehead atoms. The van der Waals surface area contributed by atoms with E-state index < -0.39 is 0 Å². The number of nitrogens with zero attached hydrogens (tertiary/aromatic N) is 4. The van der Waals surface area contributed by atoms with Crippen molar-refractivity contribution in [2.75, 3.05) is 32.8 Å². The lowest BCUT2D eigenvalue weighted by atomic mass is 9.78. The van der Waals surface area contributed by atoms with Gasteiger partial charge in [0.15, 0.2) is 5.82 Å². The second kappa shape index (κ2) is 7.19. The molecule has 0 radical (unpaired) electrons. The third-order valence-electron chi connectivity index (χ3n) is 5.09. The molecule has 24 heavy (non-hydrogen) atoms. The molecule has 1 amide bonds. The molecule has 3 heterocycles. The Labute approximate surface area is 143 Å². The number of likely N-dealkylation sites (tertiary alicyclic amines) is 2. The summed E-state index contributed by atoms with van der Waals surface area (Å²) in [7, 11) is 0. The van der Waals surface area contributed by atoms with E-state index in [2.05, 4.69) is 28.9 Å². The molecule has 7 nitrogen and oxygen atoms in total. The summed E-state index contributed by atoms with van der Waals surface area (Å²) < 4.78 is 5.30. The molecule has 1 atom stereocenters. The zero-order chi connectivity index (χ0) is 17.2. The SMILES string of the molecule is CC(C)Cc1nc(CN2CCC3(CCCN(CCO)C3=O)C2)no1. The highest BCUT2D eigenvalue weighted by molar-refractivity contribution is 5.84. The number of aromatic nitrogens is 2. The van der Waals surface area contributed by atoms with Gasteiger partial charge in [0.25, 0.3) is 0 Å². The highest BCUT2D eigenvalue weighted by Crippen LogP contribution is 2.40. The molecule has 7 heteroatoms. The molecule has 0 aromatic carbocycles. The molecule has 0 aliphatic carbocycles. The molecule has 134 valence electrons. The first-order chi connectivity index (χ1) is 11.5. The molecular formula is C17H28N4O3. The first-order valence-electron chi connectivity index (χ1n) is 8.96. The summed E-state index contributed by atoms with van der Waals surface area (Å²) in [6.07, 6.45) is 3.63. The summed E-state index contributed by atoms with van der Waals surface area (Å²) in [5, 5.41) is 13.2. The van der Waals surface area contributed by atoms with Gasteiger partial charge in [-0.1, -0.05) is 19.0 Å². The standard InChI is InChI=1S/C17H28N4O3/c1-13(2)10-15-18-14(19-24-15)11-20-7-5-17(12-20)4-3-6-21(8-9-22)16(17)23/h13,22H,3-12H2,1-2H3. The predicted molar refractivity (Wildman–Crippen MR) is 88.1 cm³/mol. The van der Waals surface area contributed by atoms with Gasteiger partial charge in [0.2, 0.25) is 11.8 Å². The minimum absolute atomic E-state index is 0.0347. The summed E-state index contributed by atoms with van der Waals surface area (Å²) >= 11 is 0. The van der Waals surface area contributed by atoms with Crippen molar-refractivity contribution in [3.63, 3.8) is 0 Å². The van der Waals surface area contributed by atoms with Gasteiger partial charge in [0, 0.05) is 26.1 Å². The number of β-amino-alcohol motifs (C(OH)–C–C–N with tert-alkyl or cyclic N) is 1. The van der Waals surface area contributed by atoms with E-state index in [1.807, 2.05) is 4.90 Å². The minimum atomic E-state index is -0.280. The van der Waals surface area contributed by atoms with E-state index in [1.165, 1.54) is 0 Å². The van der Waals surface area contributed by atoms with Crippen molar-refractivity contribution >= 4 is 5.91 Å². The summed E-state index contributed by atoms with van der Waals surface area (Å²) in [6.45, 7) is 7.77. The van der Waals surface area contributed by atoms with Crippen molar-refractivity contribution in [1.82, 2.24) is 19.9 Å². The Bertz CT molecular complexity index is 572. The van der Waals surface area contributed by atoms with Crippen LogP contribution in [-0.4, -0.2) is 63.7 Å². The average Bonchev–Trinajstić information content (AvgIpc) is 3.12. The number of aliphatic hydroxyl groups is 1. The largest absolute Gasteiger partial charge is 0.395 e. The molecule has 1 spiro atoms. The third-order valence-corrected chi connectivity index (χ3v) is 5.09. The Morgan fingerprint density at radius 3 is 2.92 bits per heavy atom. The van der Waals surface area contributed by atoms with Crippen LogP contribution in [0.1, 0.15) is 44.8 Å². The fourth-order valence-corrected chi connectivity index (χ4v) is 3.94. The number of hydrogen-bond donors (Lipinski definition) is 1. The summed E-state index contributed by atoms with van der Waals surface area (Å²) in [4.78, 5) is 21.3. The molecule has 2 aliphatic rings. The molecule has 2 saturated heterocycles. The van der Waals surface area contributed by atoms with Crippen LogP contribution in [0.15, 0.2) is 4.52 Å². The lowest BCUT2D eigenvalue weighted by Crippen LogP contribution is -2.50. The molecular weight excluding hydrogens is 308 g/mol. The van der Waals surface area contributed by atoms with E-state index in [1.54, 1.807) is 0 Å². The zero-order valence-corrected chi connectivity index (χ0v) is 14.7. The predicted octanol–water partition coefficient (Wildman–Crippen LogP) is 1.07. The van der Waals surface area contributed by atoms with Crippen LogP contribution in [0.25, 0.3) is 0 Å². The molecule has 1 N–H and O–H groups in total. The Balaban J connectivity index is 1.60. The number of piperidine rings is 1. The molecule has 1 aromatic rings. The van der Waals surface area contributed by atoms with Crippen LogP contribution in [0.4, 0.5) is 0 Å². The van der Waals surface area contributed by atoms with Gasteiger partial charge in [0.1, 0.15) is 0 Å². The monoisotopic (exact) mass is 336 g/mol. The van der Waals surface area contributed by atoms with E-state index in [0.29, 0.717) is 30.7 Å². The molecule has 2 aliphatic heterocycles. The lowest BCUT2D eigenvalue weighted by Gasteiger charge is -2.39. The van der Waals surface area contributed by atoms with Crippen molar-refractivity contribution in [3.05, 3.63) is 11.7 Å². The number of hydrogen-bond acceptors (Lipinski definition) is 6. The van der Waals surface area contributed by atoms with E-state index in [-0.39, 0.29) is 17.9 Å². The molecule has 1 unspecified atom stereocenters. The highest BCUT2D eigenvalue weighted by atomic mass is 16.5. The Kier molecular flexibility index (Phi) is 5.20. The fraction of sp³-hybridized carbons (Fsp3) is 0.824. The van der Waals surface area contributed by atoms with Crippen LogP contribution in [0.2, 0.25) is 0 Å². The molecule has 1 aromatic heterocycles. The second-order valence-corrected chi connectivity index (χ2v) is 7.56. The van der Waals surface area contributed by atoms with E-state index >= 15 is 0 Å². The van der Waals surface area contributed by atoms with Gasteiger partial charge in [-0.15, -0.1) is 0 Å². The second-order valence-electron chi connectivity index (χ2n) is 7.56. The Morgan fingerprint density at radius 1 is 1.33 bits per heavy atom. The number of amides is 1.